The standard InChI is InChI=1S/C13H14N2OS/c1-8-6-11(10(3)17-8)13(16)5-4-12-9(2)14-7-15-12/h4-7H,1-3H3,(H,14,15)/b5-4+. The van der Waals surface area contributed by atoms with Gasteiger partial charge in [0.2, 0.25) is 0 Å². The number of aromatic nitrogens is 2. The molecule has 0 radical (unpaired) electrons. The number of ketones is 1. The van der Waals surface area contributed by atoms with E-state index in [-0.39, 0.29) is 5.78 Å². The van der Waals surface area contributed by atoms with Gasteiger partial charge in [0.1, 0.15) is 0 Å². The Hall–Kier alpha value is -1.68. The number of nitrogens with one attached hydrogen (secondary N) is 1. The number of carbonyl (C=O) groups excluding carboxylic acids is 1. The van der Waals surface area contributed by atoms with Gasteiger partial charge in [0.05, 0.1) is 12.0 Å². The Kier molecular flexibility index (Phi) is 3.24. The maximum Gasteiger partial charge on any atom is 0.187 e. The smallest absolute Gasteiger partial charge is 0.187 e. The zero-order chi connectivity index (χ0) is 12.4. The summed E-state index contributed by atoms with van der Waals surface area (Å²) in [5, 5.41) is 0. The van der Waals surface area contributed by atoms with Crippen molar-refractivity contribution in [2.24, 2.45) is 0 Å². The fraction of sp³-hybridized carbons (Fsp3) is 0.231. The van der Waals surface area contributed by atoms with Gasteiger partial charge in [-0.15, -0.1) is 11.3 Å². The molecule has 88 valence electrons. The molecule has 0 bridgehead atoms. The third-order valence-electron chi connectivity index (χ3n) is 2.57. The number of hydrogen-bond donors (Lipinski definition) is 1. The normalized spacial score (nSPS) is 11.2. The first-order valence-electron chi connectivity index (χ1n) is 5.37. The fourth-order valence-electron chi connectivity index (χ4n) is 1.66. The first-order chi connectivity index (χ1) is 8.08. The second kappa shape index (κ2) is 4.67. The highest BCUT2D eigenvalue weighted by Gasteiger charge is 2.09. The van der Waals surface area contributed by atoms with E-state index in [2.05, 4.69) is 9.97 Å². The molecule has 0 aromatic carbocycles. The Morgan fingerprint density at radius 2 is 2.18 bits per heavy atom. The largest absolute Gasteiger partial charge is 0.348 e. The van der Waals surface area contributed by atoms with Crippen molar-refractivity contribution in [3.05, 3.63) is 45.2 Å². The van der Waals surface area contributed by atoms with Crippen molar-refractivity contribution in [1.82, 2.24) is 9.97 Å². The predicted octanol–water partition coefficient (Wildman–Crippen LogP) is 3.29. The molecule has 0 fully saturated rings. The van der Waals surface area contributed by atoms with Gasteiger partial charge in [-0.05, 0) is 39.0 Å². The molecule has 2 rings (SSSR count). The van der Waals surface area contributed by atoms with Crippen molar-refractivity contribution in [2.45, 2.75) is 20.8 Å². The molecule has 0 aliphatic rings. The van der Waals surface area contributed by atoms with Gasteiger partial charge < -0.3 is 4.98 Å². The van der Waals surface area contributed by atoms with Crippen LogP contribution in [0.4, 0.5) is 0 Å². The second-order valence-corrected chi connectivity index (χ2v) is 5.40. The van der Waals surface area contributed by atoms with Crippen LogP contribution in [-0.4, -0.2) is 15.8 Å². The molecule has 0 spiro atoms. The molecule has 0 aliphatic heterocycles. The van der Waals surface area contributed by atoms with Crippen molar-refractivity contribution in [3.63, 3.8) is 0 Å². The molecular formula is C13H14N2OS. The third kappa shape index (κ3) is 2.53. The van der Waals surface area contributed by atoms with Gasteiger partial charge in [0, 0.05) is 21.0 Å². The topological polar surface area (TPSA) is 45.8 Å². The molecule has 2 aromatic heterocycles. The van der Waals surface area contributed by atoms with E-state index < -0.39 is 0 Å². The number of thiophene rings is 1. The molecule has 2 heterocycles. The summed E-state index contributed by atoms with van der Waals surface area (Å²) in [5.41, 5.74) is 2.56. The minimum Gasteiger partial charge on any atom is -0.348 e. The van der Waals surface area contributed by atoms with E-state index in [0.717, 1.165) is 26.7 Å². The molecule has 1 N–H and O–H groups in total. The summed E-state index contributed by atoms with van der Waals surface area (Å²) in [4.78, 5) is 21.3. The maximum atomic E-state index is 12.0. The van der Waals surface area contributed by atoms with Gasteiger partial charge in [0.25, 0.3) is 0 Å². The molecule has 0 unspecified atom stereocenters. The molecule has 0 amide bonds. The molecule has 2 aromatic rings. The lowest BCUT2D eigenvalue weighted by Crippen LogP contribution is -1.93. The summed E-state index contributed by atoms with van der Waals surface area (Å²) in [6.45, 7) is 5.91. The Morgan fingerprint density at radius 3 is 2.71 bits per heavy atom. The van der Waals surface area contributed by atoms with Gasteiger partial charge in [-0.1, -0.05) is 0 Å². The van der Waals surface area contributed by atoms with Crippen molar-refractivity contribution in [1.29, 1.82) is 0 Å². The number of nitrogens with zero attached hydrogens (tertiary/aromatic N) is 1. The van der Waals surface area contributed by atoms with E-state index in [1.165, 1.54) is 0 Å². The molecule has 0 aliphatic carbocycles. The molecule has 17 heavy (non-hydrogen) atoms. The highest BCUT2D eigenvalue weighted by molar-refractivity contribution is 7.12. The summed E-state index contributed by atoms with van der Waals surface area (Å²) in [6, 6.07) is 1.93. The number of imidazole rings is 1. The second-order valence-electron chi connectivity index (χ2n) is 3.94. The van der Waals surface area contributed by atoms with Crippen molar-refractivity contribution >= 4 is 23.2 Å². The third-order valence-corrected chi connectivity index (χ3v) is 3.53. The molecule has 0 saturated carbocycles. The SMILES string of the molecule is Cc1cc(C(=O)/C=C/c2nc[nH]c2C)c(C)s1. The number of carbonyl (C=O) groups is 1. The van der Waals surface area contributed by atoms with Gasteiger partial charge >= 0.3 is 0 Å². The molecular weight excluding hydrogens is 232 g/mol. The summed E-state index contributed by atoms with van der Waals surface area (Å²) >= 11 is 1.65. The van der Waals surface area contributed by atoms with Gasteiger partial charge in [-0.2, -0.15) is 0 Å². The van der Waals surface area contributed by atoms with Gasteiger partial charge in [0.15, 0.2) is 5.78 Å². The van der Waals surface area contributed by atoms with Crippen LogP contribution in [-0.2, 0) is 0 Å². The highest BCUT2D eigenvalue weighted by Crippen LogP contribution is 2.21. The highest BCUT2D eigenvalue weighted by atomic mass is 32.1. The number of aryl methyl sites for hydroxylation is 3. The summed E-state index contributed by atoms with van der Waals surface area (Å²) in [7, 11) is 0. The van der Waals surface area contributed by atoms with E-state index in [0.29, 0.717) is 0 Å². The van der Waals surface area contributed by atoms with Gasteiger partial charge in [-0.3, -0.25) is 4.79 Å². The van der Waals surface area contributed by atoms with Crippen LogP contribution >= 0.6 is 11.3 Å². The Morgan fingerprint density at radius 1 is 1.41 bits per heavy atom. The van der Waals surface area contributed by atoms with Crippen molar-refractivity contribution in [2.75, 3.05) is 0 Å². The van der Waals surface area contributed by atoms with Crippen molar-refractivity contribution < 1.29 is 4.79 Å². The lowest BCUT2D eigenvalue weighted by Gasteiger charge is -1.92. The van der Waals surface area contributed by atoms with E-state index in [1.54, 1.807) is 29.8 Å². The van der Waals surface area contributed by atoms with Crippen LogP contribution in [0.2, 0.25) is 0 Å². The summed E-state index contributed by atoms with van der Waals surface area (Å²) in [6.07, 6.45) is 4.96. The summed E-state index contributed by atoms with van der Waals surface area (Å²) < 4.78 is 0. The van der Waals surface area contributed by atoms with Crippen LogP contribution in [0.5, 0.6) is 0 Å². The Labute approximate surface area is 104 Å². The zero-order valence-electron chi connectivity index (χ0n) is 10.1. The average molecular weight is 246 g/mol. The fourth-order valence-corrected chi connectivity index (χ4v) is 2.59. The summed E-state index contributed by atoms with van der Waals surface area (Å²) in [5.74, 6) is 0.0363. The number of allylic oxidation sites excluding steroid dienone is 1. The molecule has 3 nitrogen and oxygen atoms in total. The van der Waals surface area contributed by atoms with E-state index >= 15 is 0 Å². The lowest BCUT2D eigenvalue weighted by molar-refractivity contribution is 0.104. The quantitative estimate of drug-likeness (QED) is 0.667. The molecule has 0 saturated heterocycles. The number of H-pyrrole nitrogens is 1. The van der Waals surface area contributed by atoms with E-state index in [1.807, 2.05) is 26.8 Å². The van der Waals surface area contributed by atoms with Crippen LogP contribution in [0.3, 0.4) is 0 Å². The minimum absolute atomic E-state index is 0.0363. The monoisotopic (exact) mass is 246 g/mol. The first kappa shape index (κ1) is 11.8. The molecule has 0 atom stereocenters. The number of hydrogen-bond acceptors (Lipinski definition) is 3. The van der Waals surface area contributed by atoms with Crippen LogP contribution in [0, 0.1) is 20.8 Å². The number of rotatable bonds is 3. The first-order valence-corrected chi connectivity index (χ1v) is 6.19. The Bertz CT molecular complexity index is 578. The van der Waals surface area contributed by atoms with Crippen molar-refractivity contribution in [3.8, 4) is 0 Å². The van der Waals surface area contributed by atoms with Crippen LogP contribution in [0.15, 0.2) is 18.5 Å². The Balaban J connectivity index is 2.20. The number of aromatic amines is 1. The maximum absolute atomic E-state index is 12.0. The zero-order valence-corrected chi connectivity index (χ0v) is 10.9. The predicted molar refractivity (Wildman–Crippen MR) is 70.5 cm³/mol. The average Bonchev–Trinajstić information content (AvgIpc) is 2.81. The van der Waals surface area contributed by atoms with Crippen LogP contribution in [0.1, 0.15) is 31.5 Å². The van der Waals surface area contributed by atoms with Crippen LogP contribution in [0.25, 0.3) is 6.08 Å². The molecule has 4 heteroatoms. The van der Waals surface area contributed by atoms with E-state index in [4.69, 9.17) is 0 Å². The van der Waals surface area contributed by atoms with Gasteiger partial charge in [-0.25, -0.2) is 4.98 Å². The van der Waals surface area contributed by atoms with Crippen LogP contribution < -0.4 is 0 Å². The van der Waals surface area contributed by atoms with E-state index in [9.17, 15) is 4.79 Å². The lowest BCUT2D eigenvalue weighted by atomic mass is 10.1. The minimum atomic E-state index is 0.0363.